The van der Waals surface area contributed by atoms with Crippen LogP contribution in [-0.4, -0.2) is 31.4 Å². The van der Waals surface area contributed by atoms with Gasteiger partial charge in [-0.05, 0) is 24.6 Å². The topological polar surface area (TPSA) is 72.6 Å². The largest absolute Gasteiger partial charge is 0.482 e. The van der Waals surface area contributed by atoms with Crippen LogP contribution in [0.5, 0.6) is 5.75 Å². The Morgan fingerprint density at radius 2 is 2.28 bits per heavy atom. The summed E-state index contributed by atoms with van der Waals surface area (Å²) < 4.78 is 5.29. The molecular formula is C13H16N2O3. The number of fused-ring (bicyclic) bond motifs is 1. The summed E-state index contributed by atoms with van der Waals surface area (Å²) in [7, 11) is 1.66. The van der Waals surface area contributed by atoms with Crippen molar-refractivity contribution in [2.24, 2.45) is 5.73 Å². The van der Waals surface area contributed by atoms with Crippen LogP contribution in [0.15, 0.2) is 18.2 Å². The van der Waals surface area contributed by atoms with Crippen LogP contribution in [0.1, 0.15) is 23.7 Å². The Kier molecular flexibility index (Phi) is 3.34. The van der Waals surface area contributed by atoms with Crippen molar-refractivity contribution in [3.8, 4) is 5.75 Å². The van der Waals surface area contributed by atoms with E-state index in [1.165, 1.54) is 4.90 Å². The van der Waals surface area contributed by atoms with Gasteiger partial charge in [-0.25, -0.2) is 0 Å². The lowest BCUT2D eigenvalue weighted by Crippen LogP contribution is -2.36. The fraction of sp³-hybridized carbons (Fsp3) is 0.385. The molecule has 0 radical (unpaired) electrons. The van der Waals surface area contributed by atoms with E-state index < -0.39 is 6.04 Å². The monoisotopic (exact) mass is 248 g/mol. The van der Waals surface area contributed by atoms with Crippen molar-refractivity contribution in [1.82, 2.24) is 0 Å². The highest BCUT2D eigenvalue weighted by atomic mass is 16.5. The third-order valence-corrected chi connectivity index (χ3v) is 3.11. The van der Waals surface area contributed by atoms with Crippen LogP contribution in [0, 0.1) is 0 Å². The standard InChI is InChI=1S/C13H16N2O3/c1-3-9(14)13(17)8-4-5-11-10(6-8)15(2)12(16)7-18-11/h4-6,9H,3,7,14H2,1-2H3. The Morgan fingerprint density at radius 1 is 1.56 bits per heavy atom. The van der Waals surface area contributed by atoms with Gasteiger partial charge in [0.25, 0.3) is 5.91 Å². The van der Waals surface area contributed by atoms with Crippen LogP contribution in [0.4, 0.5) is 5.69 Å². The molecule has 0 bridgehead atoms. The van der Waals surface area contributed by atoms with Crippen LogP contribution in [0.3, 0.4) is 0 Å². The number of benzene rings is 1. The molecule has 2 rings (SSSR count). The van der Waals surface area contributed by atoms with Crippen LogP contribution < -0.4 is 15.4 Å². The van der Waals surface area contributed by atoms with E-state index in [1.54, 1.807) is 25.2 Å². The Bertz CT molecular complexity index is 499. The first-order chi connectivity index (χ1) is 8.54. The molecule has 0 spiro atoms. The summed E-state index contributed by atoms with van der Waals surface area (Å²) in [6.07, 6.45) is 0.585. The molecule has 1 heterocycles. The smallest absolute Gasteiger partial charge is 0.264 e. The SMILES string of the molecule is CCC(N)C(=O)c1ccc2c(c1)N(C)C(=O)CO2. The molecule has 1 aromatic carbocycles. The Hall–Kier alpha value is -1.88. The zero-order valence-corrected chi connectivity index (χ0v) is 10.5. The molecule has 1 atom stereocenters. The Morgan fingerprint density at radius 3 is 2.94 bits per heavy atom. The van der Waals surface area contributed by atoms with Crippen molar-refractivity contribution in [2.45, 2.75) is 19.4 Å². The second-order valence-electron chi connectivity index (χ2n) is 4.30. The molecule has 1 amide bonds. The van der Waals surface area contributed by atoms with Crippen LogP contribution in [0.25, 0.3) is 0 Å². The number of hydrogen-bond donors (Lipinski definition) is 1. The summed E-state index contributed by atoms with van der Waals surface area (Å²) in [5.41, 5.74) is 6.84. The number of carbonyl (C=O) groups excluding carboxylic acids is 2. The number of rotatable bonds is 3. The molecule has 0 aromatic heterocycles. The number of likely N-dealkylation sites (N-methyl/N-ethyl adjacent to an activating group) is 1. The zero-order chi connectivity index (χ0) is 13.3. The van der Waals surface area contributed by atoms with E-state index in [1.807, 2.05) is 6.92 Å². The minimum Gasteiger partial charge on any atom is -0.482 e. The van der Waals surface area contributed by atoms with Gasteiger partial charge in [0.1, 0.15) is 5.75 Å². The van der Waals surface area contributed by atoms with E-state index in [9.17, 15) is 9.59 Å². The number of ether oxygens (including phenoxy) is 1. The molecule has 96 valence electrons. The van der Waals surface area contributed by atoms with Crippen molar-refractivity contribution in [2.75, 3.05) is 18.6 Å². The van der Waals surface area contributed by atoms with Gasteiger partial charge in [-0.15, -0.1) is 0 Å². The summed E-state index contributed by atoms with van der Waals surface area (Å²) in [6, 6.07) is 4.53. The quantitative estimate of drug-likeness (QED) is 0.809. The molecule has 0 aliphatic carbocycles. The lowest BCUT2D eigenvalue weighted by molar-refractivity contribution is -0.120. The third-order valence-electron chi connectivity index (χ3n) is 3.11. The molecule has 0 saturated heterocycles. The number of carbonyl (C=O) groups is 2. The maximum Gasteiger partial charge on any atom is 0.264 e. The summed E-state index contributed by atoms with van der Waals surface area (Å²) in [5.74, 6) is 0.359. The summed E-state index contributed by atoms with van der Waals surface area (Å²) in [4.78, 5) is 25.0. The minimum atomic E-state index is -0.506. The number of nitrogens with two attached hydrogens (primary N) is 1. The second-order valence-corrected chi connectivity index (χ2v) is 4.30. The van der Waals surface area contributed by atoms with Gasteiger partial charge in [0.2, 0.25) is 0 Å². The minimum absolute atomic E-state index is 0.0330. The maximum absolute atomic E-state index is 12.0. The van der Waals surface area contributed by atoms with Crippen molar-refractivity contribution >= 4 is 17.4 Å². The van der Waals surface area contributed by atoms with Crippen LogP contribution in [0.2, 0.25) is 0 Å². The molecule has 2 N–H and O–H groups in total. The number of Topliss-reactive ketones (excluding diaryl/α,β-unsaturated/α-hetero) is 1. The summed E-state index contributed by atoms with van der Waals surface area (Å²) in [6.45, 7) is 1.89. The highest BCUT2D eigenvalue weighted by Crippen LogP contribution is 2.32. The predicted octanol–water partition coefficient (Wildman–Crippen LogP) is 0.962. The van der Waals surface area contributed by atoms with Crippen molar-refractivity contribution < 1.29 is 14.3 Å². The molecule has 0 fully saturated rings. The fourth-order valence-corrected chi connectivity index (χ4v) is 1.82. The van der Waals surface area contributed by atoms with Gasteiger partial charge < -0.3 is 15.4 Å². The highest BCUT2D eigenvalue weighted by molar-refractivity contribution is 6.03. The van der Waals surface area contributed by atoms with Crippen LogP contribution >= 0.6 is 0 Å². The van der Waals surface area contributed by atoms with Gasteiger partial charge in [0.05, 0.1) is 11.7 Å². The number of ketones is 1. The van der Waals surface area contributed by atoms with E-state index >= 15 is 0 Å². The van der Waals surface area contributed by atoms with E-state index in [0.717, 1.165) is 0 Å². The molecule has 18 heavy (non-hydrogen) atoms. The molecule has 5 heteroatoms. The molecule has 1 unspecified atom stereocenters. The lowest BCUT2D eigenvalue weighted by Gasteiger charge is -2.26. The Labute approximate surface area is 106 Å². The van der Waals surface area contributed by atoms with Crippen molar-refractivity contribution in [3.05, 3.63) is 23.8 Å². The predicted molar refractivity (Wildman–Crippen MR) is 67.9 cm³/mol. The van der Waals surface area contributed by atoms with Crippen molar-refractivity contribution in [3.63, 3.8) is 0 Å². The van der Waals surface area contributed by atoms with E-state index in [0.29, 0.717) is 23.4 Å². The fourth-order valence-electron chi connectivity index (χ4n) is 1.82. The zero-order valence-electron chi connectivity index (χ0n) is 10.5. The number of anilines is 1. The van der Waals surface area contributed by atoms with Gasteiger partial charge >= 0.3 is 0 Å². The molecule has 0 saturated carbocycles. The number of amides is 1. The first-order valence-electron chi connectivity index (χ1n) is 5.87. The molecule has 1 aromatic rings. The maximum atomic E-state index is 12.0. The Balaban J connectivity index is 2.37. The molecule has 1 aliphatic rings. The third kappa shape index (κ3) is 2.09. The molecule has 5 nitrogen and oxygen atoms in total. The van der Waals surface area contributed by atoms with Gasteiger partial charge in [-0.1, -0.05) is 6.92 Å². The summed E-state index contributed by atoms with van der Waals surface area (Å²) >= 11 is 0. The van der Waals surface area contributed by atoms with E-state index in [2.05, 4.69) is 0 Å². The van der Waals surface area contributed by atoms with Crippen LogP contribution in [-0.2, 0) is 4.79 Å². The van der Waals surface area contributed by atoms with E-state index in [4.69, 9.17) is 10.5 Å². The average molecular weight is 248 g/mol. The summed E-state index contributed by atoms with van der Waals surface area (Å²) in [5, 5.41) is 0. The van der Waals surface area contributed by atoms with Crippen molar-refractivity contribution in [1.29, 1.82) is 0 Å². The lowest BCUT2D eigenvalue weighted by atomic mass is 10.0. The average Bonchev–Trinajstić information content (AvgIpc) is 2.41. The normalized spacial score (nSPS) is 15.9. The second kappa shape index (κ2) is 4.78. The highest BCUT2D eigenvalue weighted by Gasteiger charge is 2.24. The van der Waals surface area contributed by atoms with Gasteiger partial charge in [-0.3, -0.25) is 9.59 Å². The van der Waals surface area contributed by atoms with Gasteiger partial charge in [0, 0.05) is 12.6 Å². The van der Waals surface area contributed by atoms with E-state index in [-0.39, 0.29) is 18.3 Å². The first kappa shape index (κ1) is 12.6. The molecular weight excluding hydrogens is 232 g/mol. The number of hydrogen-bond acceptors (Lipinski definition) is 4. The van der Waals surface area contributed by atoms with Gasteiger partial charge in [-0.2, -0.15) is 0 Å². The first-order valence-corrected chi connectivity index (χ1v) is 5.87. The number of nitrogens with zero attached hydrogens (tertiary/aromatic N) is 1. The molecule has 1 aliphatic heterocycles. The van der Waals surface area contributed by atoms with Gasteiger partial charge in [0.15, 0.2) is 12.4 Å².